The number of nitrogens with one attached hydrogen (secondary N) is 1. The van der Waals surface area contributed by atoms with Crippen molar-refractivity contribution in [1.82, 2.24) is 5.32 Å². The van der Waals surface area contributed by atoms with Crippen LogP contribution in [0.2, 0.25) is 0 Å². The van der Waals surface area contributed by atoms with Crippen LogP contribution in [0.15, 0.2) is 48.5 Å². The summed E-state index contributed by atoms with van der Waals surface area (Å²) in [6, 6.07) is 12.9. The van der Waals surface area contributed by atoms with Crippen LogP contribution >= 0.6 is 0 Å². The Morgan fingerprint density at radius 1 is 0.960 bits per heavy atom. The molecule has 0 aliphatic carbocycles. The first-order chi connectivity index (χ1) is 11.8. The van der Waals surface area contributed by atoms with Gasteiger partial charge in [0.2, 0.25) is 10.0 Å². The van der Waals surface area contributed by atoms with Crippen LogP contribution in [0.3, 0.4) is 0 Å². The molecule has 2 aromatic rings. The van der Waals surface area contributed by atoms with Crippen LogP contribution in [-0.4, -0.2) is 27.4 Å². The molecule has 0 radical (unpaired) electrons. The number of ether oxygens (including phenoxy) is 1. The summed E-state index contributed by atoms with van der Waals surface area (Å²) >= 11 is 0. The second kappa shape index (κ2) is 7.91. The third kappa shape index (κ3) is 5.70. The molecule has 7 nitrogen and oxygen atoms in total. The van der Waals surface area contributed by atoms with E-state index in [2.05, 4.69) is 10.1 Å². The average molecular weight is 362 g/mol. The summed E-state index contributed by atoms with van der Waals surface area (Å²) in [4.78, 5) is 23.5. The standard InChI is InChI=1S/C17H18N2O5S/c1-24-17(21)15-8-6-14(7-9-15)16(20)19-10-12-2-4-13(5-3-12)11-25(18,22)23/h2-9H,10-11H2,1H3,(H,19,20)(H2,18,22,23). The zero-order chi connectivity index (χ0) is 18.4. The first-order valence-electron chi connectivity index (χ1n) is 7.33. The molecule has 0 spiro atoms. The van der Waals surface area contributed by atoms with E-state index in [1.165, 1.54) is 31.4 Å². The smallest absolute Gasteiger partial charge is 0.337 e. The first kappa shape index (κ1) is 18.6. The summed E-state index contributed by atoms with van der Waals surface area (Å²) in [5.41, 5.74) is 2.18. The molecule has 0 aliphatic rings. The highest BCUT2D eigenvalue weighted by Gasteiger charge is 2.09. The second-order valence-electron chi connectivity index (χ2n) is 5.38. The molecule has 0 heterocycles. The molecule has 0 bridgehead atoms. The predicted octanol–water partition coefficient (Wildman–Crippen LogP) is 1.19. The van der Waals surface area contributed by atoms with Crippen molar-refractivity contribution < 1.29 is 22.7 Å². The van der Waals surface area contributed by atoms with E-state index >= 15 is 0 Å². The lowest BCUT2D eigenvalue weighted by molar-refractivity contribution is 0.0600. The van der Waals surface area contributed by atoms with Crippen LogP contribution < -0.4 is 10.5 Å². The van der Waals surface area contributed by atoms with Crippen molar-refractivity contribution in [3.8, 4) is 0 Å². The van der Waals surface area contributed by atoms with Gasteiger partial charge in [-0.25, -0.2) is 18.4 Å². The Kier molecular flexibility index (Phi) is 5.89. The summed E-state index contributed by atoms with van der Waals surface area (Å²) in [5.74, 6) is -0.983. The fourth-order valence-electron chi connectivity index (χ4n) is 2.15. The summed E-state index contributed by atoms with van der Waals surface area (Å²) in [6.45, 7) is 0.285. The molecule has 0 saturated carbocycles. The van der Waals surface area contributed by atoms with E-state index in [4.69, 9.17) is 5.14 Å². The molecule has 0 atom stereocenters. The van der Waals surface area contributed by atoms with Crippen molar-refractivity contribution in [2.75, 3.05) is 7.11 Å². The van der Waals surface area contributed by atoms with Crippen LogP contribution in [0.5, 0.6) is 0 Å². The second-order valence-corrected chi connectivity index (χ2v) is 6.99. The largest absolute Gasteiger partial charge is 0.465 e. The highest BCUT2D eigenvalue weighted by Crippen LogP contribution is 2.09. The Bertz CT molecular complexity index is 859. The summed E-state index contributed by atoms with van der Waals surface area (Å²) in [5, 5.41) is 7.74. The molecule has 0 saturated heterocycles. The lowest BCUT2D eigenvalue weighted by atomic mass is 10.1. The molecule has 2 aromatic carbocycles. The van der Waals surface area contributed by atoms with Crippen molar-refractivity contribution >= 4 is 21.9 Å². The molecule has 0 aromatic heterocycles. The highest BCUT2D eigenvalue weighted by molar-refractivity contribution is 7.88. The van der Waals surface area contributed by atoms with E-state index in [1.807, 2.05) is 0 Å². The fraction of sp³-hybridized carbons (Fsp3) is 0.176. The lowest BCUT2D eigenvalue weighted by Crippen LogP contribution is -2.22. The minimum absolute atomic E-state index is 0.230. The molecule has 0 aliphatic heterocycles. The van der Waals surface area contributed by atoms with Gasteiger partial charge in [-0.15, -0.1) is 0 Å². The number of sulfonamides is 1. The SMILES string of the molecule is COC(=O)c1ccc(C(=O)NCc2ccc(CS(N)(=O)=O)cc2)cc1. The van der Waals surface area contributed by atoms with Crippen LogP contribution in [0.1, 0.15) is 31.8 Å². The van der Waals surface area contributed by atoms with Gasteiger partial charge in [-0.05, 0) is 35.4 Å². The van der Waals surface area contributed by atoms with Crippen LogP contribution in [0.25, 0.3) is 0 Å². The van der Waals surface area contributed by atoms with Gasteiger partial charge in [0, 0.05) is 12.1 Å². The number of rotatable bonds is 6. The molecule has 25 heavy (non-hydrogen) atoms. The van der Waals surface area contributed by atoms with Crippen molar-refractivity contribution in [3.05, 3.63) is 70.8 Å². The summed E-state index contributed by atoms with van der Waals surface area (Å²) in [7, 11) is -2.28. The molecule has 3 N–H and O–H groups in total. The van der Waals surface area contributed by atoms with Gasteiger partial charge in [-0.2, -0.15) is 0 Å². The van der Waals surface area contributed by atoms with Crippen molar-refractivity contribution in [1.29, 1.82) is 0 Å². The Hall–Kier alpha value is -2.71. The van der Waals surface area contributed by atoms with Gasteiger partial charge in [0.25, 0.3) is 5.91 Å². The Morgan fingerprint density at radius 3 is 2.00 bits per heavy atom. The summed E-state index contributed by atoms with van der Waals surface area (Å²) < 4.78 is 26.7. The average Bonchev–Trinajstić information content (AvgIpc) is 2.59. The van der Waals surface area contributed by atoms with Gasteiger partial charge in [0.05, 0.1) is 18.4 Å². The van der Waals surface area contributed by atoms with Gasteiger partial charge in [0.1, 0.15) is 0 Å². The number of primary sulfonamides is 1. The topological polar surface area (TPSA) is 116 Å². The Balaban J connectivity index is 1.94. The number of benzene rings is 2. The molecule has 0 unspecified atom stereocenters. The maximum atomic E-state index is 12.1. The van der Waals surface area contributed by atoms with Crippen LogP contribution in [-0.2, 0) is 27.1 Å². The molecular weight excluding hydrogens is 344 g/mol. The first-order valence-corrected chi connectivity index (χ1v) is 9.05. The third-order valence-corrected chi connectivity index (χ3v) is 4.15. The molecule has 132 valence electrons. The number of nitrogens with two attached hydrogens (primary N) is 1. The van der Waals surface area contributed by atoms with E-state index < -0.39 is 16.0 Å². The van der Waals surface area contributed by atoms with Gasteiger partial charge in [-0.1, -0.05) is 24.3 Å². The lowest BCUT2D eigenvalue weighted by Gasteiger charge is -2.07. The molecular formula is C17H18N2O5S. The van der Waals surface area contributed by atoms with E-state index in [0.717, 1.165) is 5.56 Å². The fourth-order valence-corrected chi connectivity index (χ4v) is 2.80. The van der Waals surface area contributed by atoms with Gasteiger partial charge >= 0.3 is 5.97 Å². The Morgan fingerprint density at radius 2 is 1.48 bits per heavy atom. The van der Waals surface area contributed by atoms with Crippen molar-refractivity contribution in [3.63, 3.8) is 0 Å². The number of hydrogen-bond donors (Lipinski definition) is 2. The zero-order valence-electron chi connectivity index (χ0n) is 13.6. The minimum Gasteiger partial charge on any atom is -0.465 e. The van der Waals surface area contributed by atoms with Crippen LogP contribution in [0.4, 0.5) is 0 Å². The number of amides is 1. The van der Waals surface area contributed by atoms with Crippen molar-refractivity contribution in [2.45, 2.75) is 12.3 Å². The molecule has 0 fully saturated rings. The van der Waals surface area contributed by atoms with E-state index in [0.29, 0.717) is 16.7 Å². The molecule has 8 heteroatoms. The number of methoxy groups -OCH3 is 1. The van der Waals surface area contributed by atoms with E-state index in [1.54, 1.807) is 24.3 Å². The Labute approximate surface area is 145 Å². The van der Waals surface area contributed by atoms with E-state index in [9.17, 15) is 18.0 Å². The monoisotopic (exact) mass is 362 g/mol. The predicted molar refractivity (Wildman–Crippen MR) is 92.2 cm³/mol. The van der Waals surface area contributed by atoms with Crippen LogP contribution in [0, 0.1) is 0 Å². The maximum absolute atomic E-state index is 12.1. The minimum atomic E-state index is -3.57. The van der Waals surface area contributed by atoms with E-state index in [-0.39, 0.29) is 18.2 Å². The maximum Gasteiger partial charge on any atom is 0.337 e. The quantitative estimate of drug-likeness (QED) is 0.749. The molecule has 2 rings (SSSR count). The highest BCUT2D eigenvalue weighted by atomic mass is 32.2. The number of carbonyl (C=O) groups is 2. The zero-order valence-corrected chi connectivity index (χ0v) is 14.4. The number of hydrogen-bond acceptors (Lipinski definition) is 5. The molecule has 1 amide bonds. The van der Waals surface area contributed by atoms with Gasteiger partial charge in [-0.3, -0.25) is 4.79 Å². The number of esters is 1. The van der Waals surface area contributed by atoms with Crippen molar-refractivity contribution in [2.24, 2.45) is 5.14 Å². The number of carbonyl (C=O) groups excluding carboxylic acids is 2. The van der Waals surface area contributed by atoms with Gasteiger partial charge in [0.15, 0.2) is 0 Å². The normalized spacial score (nSPS) is 11.0. The third-order valence-electron chi connectivity index (χ3n) is 3.41. The van der Waals surface area contributed by atoms with Gasteiger partial charge < -0.3 is 10.1 Å². The summed E-state index contributed by atoms with van der Waals surface area (Å²) in [6.07, 6.45) is 0.